The Morgan fingerprint density at radius 1 is 0.646 bits per heavy atom. The Morgan fingerprint density at radius 2 is 1.17 bits per heavy atom. The van der Waals surface area contributed by atoms with Gasteiger partial charge in [0.2, 0.25) is 0 Å². The Bertz CT molecular complexity index is 845. The molecule has 0 bridgehead atoms. The van der Waals surface area contributed by atoms with Gasteiger partial charge in [-0.1, -0.05) is 115 Å². The van der Waals surface area contributed by atoms with Crippen LogP contribution in [0.2, 0.25) is 0 Å². The van der Waals surface area contributed by atoms with Gasteiger partial charge in [-0.3, -0.25) is 9.59 Å². The van der Waals surface area contributed by atoms with Crippen molar-refractivity contribution in [2.24, 2.45) is 0 Å². The summed E-state index contributed by atoms with van der Waals surface area (Å²) in [6.07, 6.45) is 22.3. The molecule has 0 saturated carbocycles. The highest BCUT2D eigenvalue weighted by Crippen LogP contribution is 2.22. The Hall–Kier alpha value is -1.82. The monoisotopic (exact) mass is 684 g/mol. The number of esters is 2. The Balaban J connectivity index is 2.32. The van der Waals surface area contributed by atoms with E-state index in [1.54, 1.807) is 0 Å². The lowest BCUT2D eigenvalue weighted by Gasteiger charge is -2.39. The third kappa shape index (κ3) is 22.0. The molecule has 0 aromatic heterocycles. The van der Waals surface area contributed by atoms with Gasteiger partial charge in [-0.2, -0.15) is 0 Å². The van der Waals surface area contributed by atoms with Crippen LogP contribution in [0.1, 0.15) is 149 Å². The minimum absolute atomic E-state index is 0.220. The lowest BCUT2D eigenvalue weighted by molar-refractivity contribution is -0.305. The van der Waals surface area contributed by atoms with Crippen molar-refractivity contribution in [2.75, 3.05) is 19.8 Å². The van der Waals surface area contributed by atoms with E-state index in [1.165, 1.54) is 51.4 Å². The molecule has 6 atom stereocenters. The van der Waals surface area contributed by atoms with E-state index in [4.69, 9.17) is 18.9 Å². The average molecular weight is 685 g/mol. The van der Waals surface area contributed by atoms with Gasteiger partial charge < -0.3 is 39.4 Å². The summed E-state index contributed by atoms with van der Waals surface area (Å²) in [7, 11) is 0. The minimum Gasteiger partial charge on any atom is -0.462 e. The van der Waals surface area contributed by atoms with E-state index in [0.29, 0.717) is 6.42 Å². The summed E-state index contributed by atoms with van der Waals surface area (Å²) in [6.45, 7) is 3.28. The highest BCUT2D eigenvalue weighted by atomic mass is 16.7. The molecule has 0 aromatic carbocycles. The molecular weight excluding hydrogens is 616 g/mol. The summed E-state index contributed by atoms with van der Waals surface area (Å²) >= 11 is 0. The van der Waals surface area contributed by atoms with Crippen molar-refractivity contribution < 1.29 is 49.0 Å². The molecule has 0 aliphatic carbocycles. The van der Waals surface area contributed by atoms with Crippen molar-refractivity contribution in [1.29, 1.82) is 0 Å². The molecule has 1 saturated heterocycles. The predicted octanol–water partition coefficient (Wildman–Crippen LogP) is 6.60. The van der Waals surface area contributed by atoms with Crippen LogP contribution in [0.3, 0.4) is 0 Å². The fraction of sp³-hybridized carbons (Fsp3) is 0.842. The molecule has 10 nitrogen and oxygen atoms in total. The molecule has 1 rings (SSSR count). The van der Waals surface area contributed by atoms with Gasteiger partial charge in [0, 0.05) is 12.8 Å². The molecule has 10 heteroatoms. The highest BCUT2D eigenvalue weighted by molar-refractivity contribution is 5.70. The maximum absolute atomic E-state index is 12.6. The van der Waals surface area contributed by atoms with Crippen molar-refractivity contribution in [3.8, 4) is 0 Å². The SMILES string of the molecule is CCCCCC/C=C\C/C=C\CCCCCCCCCC(=O)OC(COC(=O)CCCCCCC)COC1OC(CO)C(O)C(O)C1O. The first-order valence-electron chi connectivity index (χ1n) is 18.9. The number of hydrogen-bond donors (Lipinski definition) is 4. The molecule has 1 heterocycles. The molecule has 280 valence electrons. The molecule has 1 aliphatic rings. The zero-order valence-corrected chi connectivity index (χ0v) is 30.0. The molecule has 0 radical (unpaired) electrons. The summed E-state index contributed by atoms with van der Waals surface area (Å²) in [6, 6.07) is 0. The van der Waals surface area contributed by atoms with E-state index in [1.807, 2.05) is 0 Å². The van der Waals surface area contributed by atoms with Gasteiger partial charge >= 0.3 is 11.9 Å². The Labute approximate surface area is 290 Å². The summed E-state index contributed by atoms with van der Waals surface area (Å²) in [5.41, 5.74) is 0. The number of hydrogen-bond acceptors (Lipinski definition) is 10. The third-order valence-electron chi connectivity index (χ3n) is 8.59. The number of unbranched alkanes of at least 4 members (excludes halogenated alkanes) is 15. The molecule has 0 aromatic rings. The lowest BCUT2D eigenvalue weighted by atomic mass is 9.99. The van der Waals surface area contributed by atoms with E-state index >= 15 is 0 Å². The number of carbonyl (C=O) groups is 2. The van der Waals surface area contributed by atoms with Gasteiger partial charge in [0.1, 0.15) is 31.0 Å². The van der Waals surface area contributed by atoms with E-state index in [2.05, 4.69) is 38.2 Å². The first kappa shape index (κ1) is 44.2. The predicted molar refractivity (Wildman–Crippen MR) is 187 cm³/mol. The molecule has 0 spiro atoms. The number of allylic oxidation sites excluding steroid dienone is 4. The first-order chi connectivity index (χ1) is 23.3. The van der Waals surface area contributed by atoms with Crippen LogP contribution in [0.4, 0.5) is 0 Å². The Kier molecular flexibility index (Phi) is 27.7. The maximum Gasteiger partial charge on any atom is 0.306 e. The van der Waals surface area contributed by atoms with E-state index < -0.39 is 55.4 Å². The van der Waals surface area contributed by atoms with Gasteiger partial charge in [0.15, 0.2) is 12.4 Å². The molecule has 48 heavy (non-hydrogen) atoms. The zero-order chi connectivity index (χ0) is 35.2. The quantitative estimate of drug-likeness (QED) is 0.0370. The fourth-order valence-corrected chi connectivity index (χ4v) is 5.51. The minimum atomic E-state index is -1.59. The normalized spacial score (nSPS) is 22.0. The van der Waals surface area contributed by atoms with Crippen LogP contribution in [0.5, 0.6) is 0 Å². The molecule has 4 N–H and O–H groups in total. The second-order valence-electron chi connectivity index (χ2n) is 13.0. The fourth-order valence-electron chi connectivity index (χ4n) is 5.51. The second kappa shape index (κ2) is 30.0. The first-order valence-corrected chi connectivity index (χ1v) is 18.9. The highest BCUT2D eigenvalue weighted by Gasteiger charge is 2.44. The van der Waals surface area contributed by atoms with Crippen molar-refractivity contribution in [3.05, 3.63) is 24.3 Å². The van der Waals surface area contributed by atoms with Gasteiger partial charge in [0.05, 0.1) is 13.2 Å². The topological polar surface area (TPSA) is 152 Å². The van der Waals surface area contributed by atoms with Crippen LogP contribution in [0.15, 0.2) is 24.3 Å². The number of ether oxygens (including phenoxy) is 4. The number of carbonyl (C=O) groups excluding carboxylic acids is 2. The van der Waals surface area contributed by atoms with Gasteiger partial charge in [-0.05, 0) is 44.9 Å². The summed E-state index contributed by atoms with van der Waals surface area (Å²) in [5.74, 6) is -0.830. The van der Waals surface area contributed by atoms with Crippen LogP contribution in [0, 0.1) is 0 Å². The molecule has 1 aliphatic heterocycles. The van der Waals surface area contributed by atoms with Gasteiger partial charge in [-0.15, -0.1) is 0 Å². The molecule has 0 amide bonds. The standard InChI is InChI=1S/C38H68O10/c1-3-5-7-9-10-11-12-13-14-15-16-17-18-19-20-21-23-25-27-34(41)47-31(29-45-33(40)26-24-22-8-6-4-2)30-46-38-37(44)36(43)35(42)32(28-39)48-38/h11-12,14-15,31-32,35-39,42-44H,3-10,13,16-30H2,1-2H3/b12-11-,15-14-. The molecule has 6 unspecified atom stereocenters. The third-order valence-corrected chi connectivity index (χ3v) is 8.59. The summed E-state index contributed by atoms with van der Waals surface area (Å²) < 4.78 is 21.9. The van der Waals surface area contributed by atoms with Crippen LogP contribution < -0.4 is 0 Å². The lowest BCUT2D eigenvalue weighted by Crippen LogP contribution is -2.59. The number of rotatable bonds is 30. The number of aliphatic hydroxyl groups is 4. The van der Waals surface area contributed by atoms with Crippen LogP contribution in [-0.2, 0) is 28.5 Å². The smallest absolute Gasteiger partial charge is 0.306 e. The summed E-state index contributed by atoms with van der Waals surface area (Å²) in [4.78, 5) is 24.9. The Morgan fingerprint density at radius 3 is 1.75 bits per heavy atom. The number of aliphatic hydroxyl groups excluding tert-OH is 4. The van der Waals surface area contributed by atoms with Crippen molar-refractivity contribution in [1.82, 2.24) is 0 Å². The van der Waals surface area contributed by atoms with Crippen molar-refractivity contribution >= 4 is 11.9 Å². The largest absolute Gasteiger partial charge is 0.462 e. The van der Waals surface area contributed by atoms with Gasteiger partial charge in [-0.25, -0.2) is 0 Å². The zero-order valence-electron chi connectivity index (χ0n) is 30.0. The average Bonchev–Trinajstić information content (AvgIpc) is 3.08. The van der Waals surface area contributed by atoms with E-state index in [-0.39, 0.29) is 26.1 Å². The molecular formula is C38H68O10. The van der Waals surface area contributed by atoms with Crippen LogP contribution >= 0.6 is 0 Å². The van der Waals surface area contributed by atoms with Crippen molar-refractivity contribution in [3.63, 3.8) is 0 Å². The molecule has 1 fully saturated rings. The van der Waals surface area contributed by atoms with Crippen LogP contribution in [-0.4, -0.2) is 89.0 Å². The maximum atomic E-state index is 12.6. The van der Waals surface area contributed by atoms with Crippen LogP contribution in [0.25, 0.3) is 0 Å². The summed E-state index contributed by atoms with van der Waals surface area (Å²) in [5, 5.41) is 39.7. The van der Waals surface area contributed by atoms with Crippen molar-refractivity contribution in [2.45, 2.75) is 185 Å². The van der Waals surface area contributed by atoms with E-state index in [9.17, 15) is 30.0 Å². The van der Waals surface area contributed by atoms with Gasteiger partial charge in [0.25, 0.3) is 0 Å². The van der Waals surface area contributed by atoms with E-state index in [0.717, 1.165) is 64.2 Å². The second-order valence-corrected chi connectivity index (χ2v) is 13.0.